The van der Waals surface area contributed by atoms with Gasteiger partial charge in [-0.3, -0.25) is 9.69 Å². The third-order valence-electron chi connectivity index (χ3n) is 3.78. The van der Waals surface area contributed by atoms with Gasteiger partial charge in [0.25, 0.3) is 5.91 Å². The van der Waals surface area contributed by atoms with E-state index in [1.54, 1.807) is 13.0 Å². The van der Waals surface area contributed by atoms with E-state index in [0.717, 1.165) is 9.80 Å². The number of anilines is 2. The van der Waals surface area contributed by atoms with E-state index in [1.165, 1.54) is 36.4 Å². The first kappa shape index (κ1) is 15.7. The van der Waals surface area contributed by atoms with E-state index in [9.17, 15) is 18.8 Å². The van der Waals surface area contributed by atoms with Crippen LogP contribution in [0.25, 0.3) is 0 Å². The molecule has 0 unspecified atom stereocenters. The Labute approximate surface area is 136 Å². The van der Waals surface area contributed by atoms with E-state index in [1.807, 2.05) is 0 Å². The van der Waals surface area contributed by atoms with Gasteiger partial charge in [-0.25, -0.2) is 18.9 Å². The SMILES string of the molecule is Cc1ccc(N2CC(=O)N(c3cccc(C(=O)O)c3)C2=O)cc1F. The first-order valence-corrected chi connectivity index (χ1v) is 7.12. The van der Waals surface area contributed by atoms with Crippen LogP contribution in [0.15, 0.2) is 42.5 Å². The highest BCUT2D eigenvalue weighted by molar-refractivity contribution is 6.27. The minimum Gasteiger partial charge on any atom is -0.478 e. The molecule has 0 saturated carbocycles. The fourth-order valence-corrected chi connectivity index (χ4v) is 2.48. The van der Waals surface area contributed by atoms with Crippen LogP contribution in [0.2, 0.25) is 0 Å². The number of nitrogens with zero attached hydrogens (tertiary/aromatic N) is 2. The summed E-state index contributed by atoms with van der Waals surface area (Å²) in [4.78, 5) is 37.9. The summed E-state index contributed by atoms with van der Waals surface area (Å²) in [7, 11) is 0. The van der Waals surface area contributed by atoms with Crippen LogP contribution in [-0.4, -0.2) is 29.6 Å². The van der Waals surface area contributed by atoms with Crippen LogP contribution in [-0.2, 0) is 4.79 Å². The van der Waals surface area contributed by atoms with Crippen molar-refractivity contribution in [3.05, 3.63) is 59.4 Å². The molecule has 2 aromatic rings. The Balaban J connectivity index is 1.96. The average molecular weight is 328 g/mol. The van der Waals surface area contributed by atoms with Crippen molar-refractivity contribution in [1.82, 2.24) is 0 Å². The van der Waals surface area contributed by atoms with Gasteiger partial charge >= 0.3 is 12.0 Å². The van der Waals surface area contributed by atoms with Crippen LogP contribution < -0.4 is 9.80 Å². The van der Waals surface area contributed by atoms with Crippen molar-refractivity contribution in [1.29, 1.82) is 0 Å². The molecule has 0 radical (unpaired) electrons. The second kappa shape index (κ2) is 5.77. The molecule has 3 amide bonds. The number of carboxylic acid groups (broad SMARTS) is 1. The summed E-state index contributed by atoms with van der Waals surface area (Å²) in [6, 6.07) is 9.16. The Kier molecular flexibility index (Phi) is 3.76. The number of carbonyl (C=O) groups is 3. The molecule has 0 aliphatic carbocycles. The maximum absolute atomic E-state index is 13.7. The maximum atomic E-state index is 13.7. The highest BCUT2D eigenvalue weighted by Crippen LogP contribution is 2.27. The second-order valence-corrected chi connectivity index (χ2v) is 5.39. The van der Waals surface area contributed by atoms with Gasteiger partial charge in [-0.2, -0.15) is 0 Å². The minimum atomic E-state index is -1.16. The molecule has 6 nitrogen and oxygen atoms in total. The van der Waals surface area contributed by atoms with Gasteiger partial charge in [0.2, 0.25) is 0 Å². The Hall–Kier alpha value is -3.22. The summed E-state index contributed by atoms with van der Waals surface area (Å²) in [5, 5.41) is 9.03. The van der Waals surface area contributed by atoms with Crippen LogP contribution in [0, 0.1) is 12.7 Å². The molecule has 122 valence electrons. The number of rotatable bonds is 3. The maximum Gasteiger partial charge on any atom is 0.336 e. The molecule has 1 aliphatic heterocycles. The number of carboxylic acids is 1. The molecule has 2 aromatic carbocycles. The zero-order valence-corrected chi connectivity index (χ0v) is 12.7. The van der Waals surface area contributed by atoms with Gasteiger partial charge in [0.1, 0.15) is 12.4 Å². The van der Waals surface area contributed by atoms with Gasteiger partial charge in [0.15, 0.2) is 0 Å². The average Bonchev–Trinajstić information content (AvgIpc) is 2.85. The Bertz CT molecular complexity index is 865. The number of hydrogen-bond acceptors (Lipinski definition) is 3. The van der Waals surface area contributed by atoms with Crippen LogP contribution in [0.1, 0.15) is 15.9 Å². The molecule has 0 bridgehead atoms. The molecule has 7 heteroatoms. The van der Waals surface area contributed by atoms with Crippen molar-refractivity contribution < 1.29 is 23.9 Å². The molecular formula is C17H13FN2O4. The lowest BCUT2D eigenvalue weighted by atomic mass is 10.2. The summed E-state index contributed by atoms with van der Waals surface area (Å²) in [6.07, 6.45) is 0. The summed E-state index contributed by atoms with van der Waals surface area (Å²) in [5.74, 6) is -2.14. The monoisotopic (exact) mass is 328 g/mol. The van der Waals surface area contributed by atoms with Crippen LogP contribution >= 0.6 is 0 Å². The summed E-state index contributed by atoms with van der Waals surface area (Å²) in [5.41, 5.74) is 0.837. The van der Waals surface area contributed by atoms with E-state index in [-0.39, 0.29) is 23.5 Å². The zero-order chi connectivity index (χ0) is 17.4. The van der Waals surface area contributed by atoms with Crippen LogP contribution in [0.5, 0.6) is 0 Å². The first-order valence-electron chi connectivity index (χ1n) is 7.12. The predicted octanol–water partition coefficient (Wildman–Crippen LogP) is 2.81. The standard InChI is InChI=1S/C17H13FN2O4/c1-10-5-6-12(8-14(10)18)19-9-15(21)20(17(19)24)13-4-2-3-11(7-13)16(22)23/h2-8H,9H2,1H3,(H,22,23). The van der Waals surface area contributed by atoms with Crippen molar-refractivity contribution >= 4 is 29.3 Å². The molecule has 1 N–H and O–H groups in total. The van der Waals surface area contributed by atoms with Crippen molar-refractivity contribution in [2.24, 2.45) is 0 Å². The number of amides is 3. The second-order valence-electron chi connectivity index (χ2n) is 5.39. The largest absolute Gasteiger partial charge is 0.478 e. The van der Waals surface area contributed by atoms with E-state index in [4.69, 9.17) is 5.11 Å². The number of benzene rings is 2. The summed E-state index contributed by atoms with van der Waals surface area (Å²) >= 11 is 0. The van der Waals surface area contributed by atoms with Gasteiger partial charge < -0.3 is 5.11 Å². The van der Waals surface area contributed by atoms with Crippen molar-refractivity contribution in [3.63, 3.8) is 0 Å². The molecule has 0 spiro atoms. The highest BCUT2D eigenvalue weighted by atomic mass is 19.1. The third kappa shape index (κ3) is 2.60. The first-order chi connectivity index (χ1) is 11.4. The van der Waals surface area contributed by atoms with Crippen molar-refractivity contribution in [2.75, 3.05) is 16.3 Å². The van der Waals surface area contributed by atoms with Crippen molar-refractivity contribution in [2.45, 2.75) is 6.92 Å². The summed E-state index contributed by atoms with van der Waals surface area (Å²) in [6.45, 7) is 1.36. The topological polar surface area (TPSA) is 77.9 Å². The fraction of sp³-hybridized carbons (Fsp3) is 0.118. The number of urea groups is 1. The molecular weight excluding hydrogens is 315 g/mol. The smallest absolute Gasteiger partial charge is 0.336 e. The lowest BCUT2D eigenvalue weighted by Gasteiger charge is -2.17. The normalized spacial score (nSPS) is 14.4. The van der Waals surface area contributed by atoms with Gasteiger partial charge in [-0.1, -0.05) is 12.1 Å². The van der Waals surface area contributed by atoms with E-state index >= 15 is 0 Å². The van der Waals surface area contributed by atoms with Gasteiger partial charge in [0, 0.05) is 5.69 Å². The lowest BCUT2D eigenvalue weighted by Crippen LogP contribution is -2.33. The molecule has 24 heavy (non-hydrogen) atoms. The minimum absolute atomic E-state index is 0.0343. The van der Waals surface area contributed by atoms with Gasteiger partial charge in [-0.05, 0) is 42.8 Å². The summed E-state index contributed by atoms with van der Waals surface area (Å²) < 4.78 is 13.7. The predicted molar refractivity (Wildman–Crippen MR) is 84.8 cm³/mol. The third-order valence-corrected chi connectivity index (χ3v) is 3.78. The van der Waals surface area contributed by atoms with Gasteiger partial charge in [-0.15, -0.1) is 0 Å². The van der Waals surface area contributed by atoms with Crippen LogP contribution in [0.3, 0.4) is 0 Å². The Morgan fingerprint density at radius 1 is 1.12 bits per heavy atom. The fourth-order valence-electron chi connectivity index (χ4n) is 2.48. The van der Waals surface area contributed by atoms with E-state index < -0.39 is 23.7 Å². The van der Waals surface area contributed by atoms with Crippen molar-refractivity contribution in [3.8, 4) is 0 Å². The molecule has 3 rings (SSSR count). The number of halogens is 1. The Morgan fingerprint density at radius 2 is 1.88 bits per heavy atom. The molecule has 1 aliphatic rings. The molecule has 0 atom stereocenters. The zero-order valence-electron chi connectivity index (χ0n) is 12.7. The number of hydrogen-bond donors (Lipinski definition) is 1. The lowest BCUT2D eigenvalue weighted by molar-refractivity contribution is -0.115. The molecule has 1 fully saturated rings. The number of imide groups is 1. The van der Waals surface area contributed by atoms with Gasteiger partial charge in [0.05, 0.1) is 11.3 Å². The molecule has 0 aromatic heterocycles. The quantitative estimate of drug-likeness (QED) is 0.879. The van der Waals surface area contributed by atoms with E-state index in [0.29, 0.717) is 5.56 Å². The number of aryl methyl sites for hydroxylation is 1. The Morgan fingerprint density at radius 3 is 2.54 bits per heavy atom. The number of carbonyl (C=O) groups excluding carboxylic acids is 2. The molecule has 1 heterocycles. The van der Waals surface area contributed by atoms with E-state index in [2.05, 4.69) is 0 Å². The number of aromatic carboxylic acids is 1. The highest BCUT2D eigenvalue weighted by Gasteiger charge is 2.38. The van der Waals surface area contributed by atoms with Crippen LogP contribution in [0.4, 0.5) is 20.6 Å². The molecule has 1 saturated heterocycles.